The van der Waals surface area contributed by atoms with Crippen LogP contribution in [0.15, 0.2) is 60.7 Å². The highest BCUT2D eigenvalue weighted by molar-refractivity contribution is 5.96. The van der Waals surface area contributed by atoms with Crippen LogP contribution < -0.4 is 5.73 Å². The van der Waals surface area contributed by atoms with Crippen LogP contribution in [0.25, 0.3) is 10.8 Å². The maximum Gasteiger partial charge on any atom is 0.269 e. The van der Waals surface area contributed by atoms with Gasteiger partial charge in [0.2, 0.25) is 5.91 Å². The van der Waals surface area contributed by atoms with E-state index in [1.807, 2.05) is 42.5 Å². The fourth-order valence-corrected chi connectivity index (χ4v) is 3.71. The fourth-order valence-electron chi connectivity index (χ4n) is 3.71. The lowest BCUT2D eigenvalue weighted by Crippen LogP contribution is -2.20. The third kappa shape index (κ3) is 2.36. The van der Waals surface area contributed by atoms with Gasteiger partial charge in [0.1, 0.15) is 0 Å². The topological polar surface area (TPSA) is 86.2 Å². The van der Waals surface area contributed by atoms with Crippen molar-refractivity contribution in [3.63, 3.8) is 0 Å². The van der Waals surface area contributed by atoms with E-state index in [1.54, 1.807) is 0 Å². The number of hydrogen-bond acceptors (Lipinski definition) is 3. The summed E-state index contributed by atoms with van der Waals surface area (Å²) in [6, 6.07) is 18.4. The van der Waals surface area contributed by atoms with Gasteiger partial charge in [0.25, 0.3) is 5.69 Å². The summed E-state index contributed by atoms with van der Waals surface area (Å²) in [6.07, 6.45) is 1.67. The Bertz CT molecular complexity index is 1020. The average Bonchev–Trinajstić information content (AvgIpc) is 3.42. The zero-order valence-corrected chi connectivity index (χ0v) is 13.4. The molecule has 5 heteroatoms. The third-order valence-electron chi connectivity index (χ3n) is 5.05. The van der Waals surface area contributed by atoms with Gasteiger partial charge in [-0.3, -0.25) is 14.9 Å². The Hall–Kier alpha value is -3.21. The molecule has 124 valence electrons. The van der Waals surface area contributed by atoms with Crippen LogP contribution in [-0.4, -0.2) is 10.8 Å². The average molecular weight is 332 g/mol. The van der Waals surface area contributed by atoms with Crippen molar-refractivity contribution in [3.05, 3.63) is 87.5 Å². The largest absolute Gasteiger partial charge is 0.366 e. The molecular weight excluding hydrogens is 316 g/mol. The van der Waals surface area contributed by atoms with Crippen LogP contribution in [0.5, 0.6) is 0 Å². The molecular formula is C20H16N2O3. The molecule has 0 heterocycles. The number of rotatable bonds is 4. The molecule has 0 aliphatic heterocycles. The molecule has 3 aromatic rings. The summed E-state index contributed by atoms with van der Waals surface area (Å²) in [5, 5.41) is 13.4. The number of nitro benzene ring substituents is 1. The quantitative estimate of drug-likeness (QED) is 0.580. The van der Waals surface area contributed by atoms with Gasteiger partial charge in [0.15, 0.2) is 0 Å². The summed E-state index contributed by atoms with van der Waals surface area (Å²) in [5.74, 6) is -0.559. The van der Waals surface area contributed by atoms with E-state index < -0.39 is 16.2 Å². The van der Waals surface area contributed by atoms with E-state index >= 15 is 0 Å². The van der Waals surface area contributed by atoms with Gasteiger partial charge in [-0.2, -0.15) is 0 Å². The highest BCUT2D eigenvalue weighted by Crippen LogP contribution is 2.56. The van der Waals surface area contributed by atoms with Crippen LogP contribution in [-0.2, 0) is 5.41 Å². The number of nitrogens with two attached hydrogens (primary N) is 1. The minimum Gasteiger partial charge on any atom is -0.366 e. The van der Waals surface area contributed by atoms with Gasteiger partial charge >= 0.3 is 0 Å². The van der Waals surface area contributed by atoms with Crippen LogP contribution in [0, 0.1) is 10.1 Å². The second-order valence-corrected chi connectivity index (χ2v) is 6.46. The van der Waals surface area contributed by atoms with Gasteiger partial charge in [-0.15, -0.1) is 0 Å². The second kappa shape index (κ2) is 5.41. The molecule has 0 spiro atoms. The van der Waals surface area contributed by atoms with Crippen molar-refractivity contribution in [1.29, 1.82) is 0 Å². The molecule has 0 aromatic heterocycles. The minimum atomic E-state index is -0.559. The van der Waals surface area contributed by atoms with Crippen LogP contribution in [0.2, 0.25) is 0 Å². The smallest absolute Gasteiger partial charge is 0.269 e. The van der Waals surface area contributed by atoms with Crippen LogP contribution in [0.3, 0.4) is 0 Å². The highest BCUT2D eigenvalue weighted by atomic mass is 16.6. The van der Waals surface area contributed by atoms with Gasteiger partial charge in [0, 0.05) is 23.1 Å². The zero-order valence-electron chi connectivity index (χ0n) is 13.4. The summed E-state index contributed by atoms with van der Waals surface area (Å²) in [7, 11) is 0. The summed E-state index contributed by atoms with van der Waals surface area (Å²) in [5.41, 5.74) is 7.24. The zero-order chi connectivity index (χ0) is 17.6. The lowest BCUT2D eigenvalue weighted by atomic mass is 9.82. The number of nitrogens with zero attached hydrogens (tertiary/aromatic N) is 1. The molecule has 1 aliphatic rings. The third-order valence-corrected chi connectivity index (χ3v) is 5.05. The van der Waals surface area contributed by atoms with E-state index in [-0.39, 0.29) is 5.69 Å². The van der Waals surface area contributed by atoms with Gasteiger partial charge in [-0.05, 0) is 40.8 Å². The number of amides is 1. The van der Waals surface area contributed by atoms with E-state index in [4.69, 9.17) is 5.73 Å². The molecule has 2 N–H and O–H groups in total. The van der Waals surface area contributed by atoms with Crippen LogP contribution >= 0.6 is 0 Å². The Labute approximate surface area is 144 Å². The molecule has 1 saturated carbocycles. The Balaban J connectivity index is 1.98. The number of primary amides is 1. The predicted molar refractivity (Wildman–Crippen MR) is 95.6 cm³/mol. The van der Waals surface area contributed by atoms with E-state index in [1.165, 1.54) is 18.2 Å². The Morgan fingerprint density at radius 3 is 2.40 bits per heavy atom. The molecule has 0 atom stereocenters. The predicted octanol–water partition coefficient (Wildman–Crippen LogP) is 3.93. The standard InChI is InChI=1S/C20H16N2O3/c21-19(23)16-9-8-14(22(24)25)12-18(16)20(10-11-20)17-7-3-5-13-4-1-2-6-15(13)17/h1-9,12H,10-11H2,(H2,21,23). The molecule has 1 aliphatic carbocycles. The summed E-state index contributed by atoms with van der Waals surface area (Å²) >= 11 is 0. The Morgan fingerprint density at radius 2 is 1.72 bits per heavy atom. The van der Waals surface area contributed by atoms with Crippen molar-refractivity contribution in [3.8, 4) is 0 Å². The van der Waals surface area contributed by atoms with E-state index in [2.05, 4.69) is 0 Å². The van der Waals surface area contributed by atoms with E-state index in [9.17, 15) is 14.9 Å². The van der Waals surface area contributed by atoms with Gasteiger partial charge in [0.05, 0.1) is 4.92 Å². The number of fused-ring (bicyclic) bond motifs is 1. The number of nitro groups is 1. The highest BCUT2D eigenvalue weighted by Gasteiger charge is 2.49. The fraction of sp³-hybridized carbons (Fsp3) is 0.150. The molecule has 0 saturated heterocycles. The van der Waals surface area contributed by atoms with E-state index in [0.29, 0.717) is 11.1 Å². The van der Waals surface area contributed by atoms with Crippen molar-refractivity contribution in [1.82, 2.24) is 0 Å². The monoisotopic (exact) mass is 332 g/mol. The van der Waals surface area contributed by atoms with Gasteiger partial charge in [-0.1, -0.05) is 42.5 Å². The first kappa shape index (κ1) is 15.3. The van der Waals surface area contributed by atoms with Crippen LogP contribution in [0.1, 0.15) is 34.3 Å². The van der Waals surface area contributed by atoms with Crippen molar-refractivity contribution < 1.29 is 9.72 Å². The molecule has 25 heavy (non-hydrogen) atoms. The Kier molecular flexibility index (Phi) is 3.32. The van der Waals surface area contributed by atoms with Crippen LogP contribution in [0.4, 0.5) is 5.69 Å². The lowest BCUT2D eigenvalue weighted by Gasteiger charge is -2.21. The second-order valence-electron chi connectivity index (χ2n) is 6.46. The molecule has 3 aromatic carbocycles. The minimum absolute atomic E-state index is 0.0217. The number of carbonyl (C=O) groups excluding carboxylic acids is 1. The summed E-state index contributed by atoms with van der Waals surface area (Å²) in [4.78, 5) is 22.7. The molecule has 0 radical (unpaired) electrons. The van der Waals surface area contributed by atoms with Crippen molar-refractivity contribution in [2.75, 3.05) is 0 Å². The van der Waals surface area contributed by atoms with Gasteiger partial charge in [-0.25, -0.2) is 0 Å². The summed E-state index contributed by atoms with van der Waals surface area (Å²) in [6.45, 7) is 0. The number of hydrogen-bond donors (Lipinski definition) is 1. The van der Waals surface area contributed by atoms with Gasteiger partial charge < -0.3 is 5.73 Å². The van der Waals surface area contributed by atoms with Crippen molar-refractivity contribution in [2.24, 2.45) is 5.73 Å². The molecule has 1 amide bonds. The van der Waals surface area contributed by atoms with Crippen molar-refractivity contribution in [2.45, 2.75) is 18.3 Å². The molecule has 1 fully saturated rings. The molecule has 4 rings (SSSR count). The number of benzene rings is 3. The summed E-state index contributed by atoms with van der Waals surface area (Å²) < 4.78 is 0. The molecule has 5 nitrogen and oxygen atoms in total. The van der Waals surface area contributed by atoms with E-state index in [0.717, 1.165) is 29.2 Å². The first-order chi connectivity index (χ1) is 12.0. The SMILES string of the molecule is NC(=O)c1ccc([N+](=O)[O-])cc1C1(c2cccc3ccccc23)CC1. The lowest BCUT2D eigenvalue weighted by molar-refractivity contribution is -0.384. The molecule has 0 bridgehead atoms. The number of carbonyl (C=O) groups is 1. The maximum atomic E-state index is 11.9. The normalized spacial score (nSPS) is 15.0. The first-order valence-electron chi connectivity index (χ1n) is 8.10. The first-order valence-corrected chi connectivity index (χ1v) is 8.10. The number of non-ortho nitro benzene ring substituents is 1. The Morgan fingerprint density at radius 1 is 1.00 bits per heavy atom. The molecule has 0 unspecified atom stereocenters. The maximum absolute atomic E-state index is 11.9. The van der Waals surface area contributed by atoms with Crippen molar-refractivity contribution >= 4 is 22.4 Å².